The molecule has 0 saturated carbocycles. The molecule has 1 aliphatic rings. The molecule has 2 N–H and O–H groups in total. The van der Waals surface area contributed by atoms with E-state index in [-0.39, 0.29) is 0 Å². The molecule has 0 bridgehead atoms. The molecule has 1 rings (SSSR count). The van der Waals surface area contributed by atoms with Crippen molar-refractivity contribution in [3.63, 3.8) is 0 Å². The van der Waals surface area contributed by atoms with E-state index in [2.05, 4.69) is 26.4 Å². The van der Waals surface area contributed by atoms with Crippen molar-refractivity contribution in [2.24, 2.45) is 0 Å². The molecule has 1 atom stereocenters. The van der Waals surface area contributed by atoms with Crippen LogP contribution in [0.4, 0.5) is 0 Å². The Labute approximate surface area is 52.0 Å². The molecule has 0 spiro atoms. The fourth-order valence-corrected chi connectivity index (χ4v) is 1.37. The van der Waals surface area contributed by atoms with Gasteiger partial charge < -0.3 is 9.42 Å². The minimum atomic E-state index is -2.86. The summed E-state index contributed by atoms with van der Waals surface area (Å²) in [4.78, 5) is 8.79. The van der Waals surface area contributed by atoms with E-state index in [0.29, 0.717) is 13.2 Å². The van der Waals surface area contributed by atoms with Gasteiger partial charge in [-0.25, -0.2) is 4.62 Å². The first kappa shape index (κ1) is 6.61. The Kier molecular flexibility index (Phi) is 1.97. The second kappa shape index (κ2) is 2.39. The van der Waals surface area contributed by atoms with Gasteiger partial charge >= 0.3 is 6.72 Å². The predicted molar refractivity (Wildman–Crippen MR) is 31.5 cm³/mol. The van der Waals surface area contributed by atoms with Crippen molar-refractivity contribution in [3.05, 3.63) is 0 Å². The van der Waals surface area contributed by atoms with E-state index in [9.17, 15) is 0 Å². The Balaban J connectivity index is 2.45. The minimum Gasteiger partial charge on any atom is -0.323 e. The van der Waals surface area contributed by atoms with E-state index in [1.54, 1.807) is 0 Å². The fourth-order valence-electron chi connectivity index (χ4n) is 0.356. The smallest absolute Gasteiger partial charge is 0.323 e. The van der Waals surface area contributed by atoms with Gasteiger partial charge in [-0.2, -0.15) is 5.48 Å². The normalized spacial score (nSPS) is 39.6. The molecule has 0 aliphatic carbocycles. The molecule has 0 aromatic rings. The Morgan fingerprint density at radius 2 is 2.50 bits per heavy atom. The second-order valence-electron chi connectivity index (χ2n) is 1.29. The maximum absolute atomic E-state index is 8.79. The van der Waals surface area contributed by atoms with E-state index in [0.717, 1.165) is 0 Å². The van der Waals surface area contributed by atoms with Crippen LogP contribution in [0.25, 0.3) is 0 Å². The van der Waals surface area contributed by atoms with Gasteiger partial charge in [0, 0.05) is 6.54 Å². The van der Waals surface area contributed by atoms with Crippen LogP contribution in [0, 0.1) is 0 Å². The van der Waals surface area contributed by atoms with Crippen molar-refractivity contribution in [3.8, 4) is 0 Å². The minimum absolute atomic E-state index is 0.424. The first-order valence-corrected chi connectivity index (χ1v) is 4.68. The molecule has 1 saturated heterocycles. The molecule has 0 aromatic carbocycles. The molecule has 6 heteroatoms. The third-order valence-corrected chi connectivity index (χ3v) is 2.05. The highest BCUT2D eigenvalue weighted by Crippen LogP contribution is 2.43. The lowest BCUT2D eigenvalue weighted by atomic mass is 10.7. The van der Waals surface area contributed by atoms with Crippen LogP contribution in [0.3, 0.4) is 0 Å². The van der Waals surface area contributed by atoms with Crippen LogP contribution in [0.5, 0.6) is 0 Å². The number of rotatable bonds is 0. The van der Waals surface area contributed by atoms with Gasteiger partial charge in [0.1, 0.15) is 0 Å². The topological polar surface area (TPSA) is 50.7 Å². The Morgan fingerprint density at radius 3 is 2.75 bits per heavy atom. The fraction of sp³-hybridized carbons (Fsp3) is 1.00. The van der Waals surface area contributed by atoms with Gasteiger partial charge in [-0.05, 0) is 11.8 Å². The largest absolute Gasteiger partial charge is 0.341 e. The zero-order valence-electron chi connectivity index (χ0n) is 4.03. The van der Waals surface area contributed by atoms with E-state index < -0.39 is 6.72 Å². The van der Waals surface area contributed by atoms with Crippen LogP contribution >= 0.6 is 6.72 Å². The Bertz CT molecular complexity index is 118. The zero-order valence-corrected chi connectivity index (χ0v) is 5.74. The van der Waals surface area contributed by atoms with E-state index >= 15 is 0 Å². The van der Waals surface area contributed by atoms with Crippen LogP contribution in [0.1, 0.15) is 0 Å². The van der Waals surface area contributed by atoms with E-state index in [1.165, 1.54) is 0 Å². The summed E-state index contributed by atoms with van der Waals surface area (Å²) < 4.78 is 9.14. The van der Waals surface area contributed by atoms with Crippen molar-refractivity contribution in [1.29, 1.82) is 0 Å². The highest BCUT2D eigenvalue weighted by molar-refractivity contribution is 8.07. The summed E-state index contributed by atoms with van der Waals surface area (Å²) in [5.74, 6) is 0. The first-order valence-electron chi connectivity index (χ1n) is 2.09. The average Bonchev–Trinajstić information content (AvgIpc) is 1.65. The summed E-state index contributed by atoms with van der Waals surface area (Å²) in [6, 6.07) is 0. The summed E-state index contributed by atoms with van der Waals surface area (Å²) in [5, 5.41) is 0. The lowest BCUT2D eigenvalue weighted by Crippen LogP contribution is -2.24. The maximum atomic E-state index is 8.79. The molecular formula is C2H6NO3PS. The van der Waals surface area contributed by atoms with Crippen molar-refractivity contribution in [1.82, 2.24) is 5.48 Å². The quantitative estimate of drug-likeness (QED) is 0.472. The van der Waals surface area contributed by atoms with Crippen LogP contribution < -0.4 is 5.48 Å². The zero-order chi connectivity index (χ0) is 6.04. The summed E-state index contributed by atoms with van der Waals surface area (Å²) in [6.45, 7) is -1.86. The molecule has 4 nitrogen and oxygen atoms in total. The number of nitrogens with one attached hydrogen (secondary N) is 1. The highest BCUT2D eigenvalue weighted by atomic mass is 32.5. The monoisotopic (exact) mass is 155 g/mol. The molecule has 48 valence electrons. The van der Waals surface area contributed by atoms with Crippen LogP contribution in [-0.2, 0) is 21.0 Å². The van der Waals surface area contributed by atoms with Gasteiger partial charge in [0.2, 0.25) is 0 Å². The molecule has 0 radical (unpaired) electrons. The molecule has 0 aromatic heterocycles. The van der Waals surface area contributed by atoms with Gasteiger partial charge in [0.05, 0.1) is 6.61 Å². The van der Waals surface area contributed by atoms with Gasteiger partial charge in [0.25, 0.3) is 0 Å². The maximum Gasteiger partial charge on any atom is 0.341 e. The summed E-state index contributed by atoms with van der Waals surface area (Å²) >= 11 is 4.45. The van der Waals surface area contributed by atoms with Crippen LogP contribution in [0.2, 0.25) is 0 Å². The van der Waals surface area contributed by atoms with Gasteiger partial charge in [-0.15, -0.1) is 0 Å². The number of hydrogen-bond acceptors (Lipinski definition) is 4. The van der Waals surface area contributed by atoms with Gasteiger partial charge in [-0.3, -0.25) is 0 Å². The summed E-state index contributed by atoms with van der Waals surface area (Å²) in [6.07, 6.45) is 0. The molecule has 1 fully saturated rings. The van der Waals surface area contributed by atoms with Crippen LogP contribution in [-0.4, -0.2) is 18.0 Å². The lowest BCUT2D eigenvalue weighted by Gasteiger charge is -2.20. The summed E-state index contributed by atoms with van der Waals surface area (Å²) in [5.41, 5.74) is 2.45. The lowest BCUT2D eigenvalue weighted by molar-refractivity contribution is 0.0819. The van der Waals surface area contributed by atoms with E-state index in [4.69, 9.17) is 4.89 Å². The van der Waals surface area contributed by atoms with Gasteiger partial charge in [-0.1, -0.05) is 0 Å². The van der Waals surface area contributed by atoms with E-state index in [1.807, 2.05) is 0 Å². The van der Waals surface area contributed by atoms with Crippen molar-refractivity contribution >= 4 is 18.5 Å². The first-order chi connectivity index (χ1) is 3.71. The van der Waals surface area contributed by atoms with Crippen LogP contribution in [0.15, 0.2) is 0 Å². The highest BCUT2D eigenvalue weighted by Gasteiger charge is 2.18. The second-order valence-corrected chi connectivity index (χ2v) is 4.05. The Hall–Kier alpha value is 0.490. The van der Waals surface area contributed by atoms with Crippen molar-refractivity contribution < 1.29 is 14.0 Å². The molecular weight excluding hydrogens is 149 g/mol. The number of hydroxylamine groups is 1. The third-order valence-electron chi connectivity index (χ3n) is 0.638. The molecule has 8 heavy (non-hydrogen) atoms. The molecule has 1 heterocycles. The standard InChI is InChI=1S/C2H6NO3PS/c4-7(8)5-2-1-3-6-7/h3H,1-2H2,(H,4,8). The van der Waals surface area contributed by atoms with Crippen molar-refractivity contribution in [2.75, 3.05) is 13.2 Å². The third kappa shape index (κ3) is 1.78. The number of hydrogen-bond donors (Lipinski definition) is 2. The molecule has 1 unspecified atom stereocenters. The SMILES string of the molecule is OP1(=S)OCCNO1. The summed E-state index contributed by atoms with van der Waals surface area (Å²) in [7, 11) is 0. The average molecular weight is 155 g/mol. The van der Waals surface area contributed by atoms with Gasteiger partial charge in [0.15, 0.2) is 0 Å². The molecule has 1 aliphatic heterocycles. The molecule has 0 amide bonds. The van der Waals surface area contributed by atoms with Crippen molar-refractivity contribution in [2.45, 2.75) is 0 Å². The Morgan fingerprint density at radius 1 is 1.75 bits per heavy atom. The predicted octanol–water partition coefficient (Wildman–Crippen LogP) is -0.245.